The van der Waals surface area contributed by atoms with E-state index in [0.29, 0.717) is 29.3 Å². The lowest BCUT2D eigenvalue weighted by Gasteiger charge is -2.32. The van der Waals surface area contributed by atoms with E-state index in [2.05, 4.69) is 10.3 Å². The molecule has 1 saturated heterocycles. The molecular formula is C21H24N4O3S. The van der Waals surface area contributed by atoms with E-state index >= 15 is 0 Å². The number of nitrogens with zero attached hydrogens (tertiary/aromatic N) is 2. The zero-order chi connectivity index (χ0) is 20.4. The van der Waals surface area contributed by atoms with Crippen molar-refractivity contribution in [2.24, 2.45) is 5.92 Å². The first-order valence-corrected chi connectivity index (χ1v) is 10.7. The van der Waals surface area contributed by atoms with Gasteiger partial charge in [-0.1, -0.05) is 12.1 Å². The minimum absolute atomic E-state index is 0.0632. The molecule has 8 heteroatoms. The predicted octanol–water partition coefficient (Wildman–Crippen LogP) is 3.01. The van der Waals surface area contributed by atoms with E-state index in [0.717, 1.165) is 36.3 Å². The number of carbonyl (C=O) groups is 1. The number of nitrogens with one attached hydrogen (secondary N) is 2. The van der Waals surface area contributed by atoms with Gasteiger partial charge in [0.1, 0.15) is 10.4 Å². The average Bonchev–Trinajstić information content (AvgIpc) is 3.19. The Morgan fingerprint density at radius 1 is 1.45 bits per heavy atom. The predicted molar refractivity (Wildman–Crippen MR) is 116 cm³/mol. The van der Waals surface area contributed by atoms with Crippen LogP contribution in [0.3, 0.4) is 0 Å². The van der Waals surface area contributed by atoms with E-state index in [9.17, 15) is 9.59 Å². The summed E-state index contributed by atoms with van der Waals surface area (Å²) in [7, 11) is 1.63. The lowest BCUT2D eigenvalue weighted by atomic mass is 9.97. The van der Waals surface area contributed by atoms with E-state index < -0.39 is 0 Å². The van der Waals surface area contributed by atoms with Crippen molar-refractivity contribution >= 4 is 33.4 Å². The summed E-state index contributed by atoms with van der Waals surface area (Å²) in [5.74, 6) is 1.25. The highest BCUT2D eigenvalue weighted by molar-refractivity contribution is 7.17. The van der Waals surface area contributed by atoms with Crippen molar-refractivity contribution in [1.82, 2.24) is 15.3 Å². The van der Waals surface area contributed by atoms with E-state index in [1.165, 1.54) is 11.3 Å². The van der Waals surface area contributed by atoms with Crippen LogP contribution in [0.1, 0.15) is 19.8 Å². The number of carbonyl (C=O) groups excluding carboxylic acids is 1. The second-order valence-corrected chi connectivity index (χ2v) is 8.01. The van der Waals surface area contributed by atoms with E-state index in [1.807, 2.05) is 41.5 Å². The quantitative estimate of drug-likeness (QED) is 0.673. The Kier molecular flexibility index (Phi) is 5.53. The van der Waals surface area contributed by atoms with Crippen LogP contribution in [-0.4, -0.2) is 42.6 Å². The van der Waals surface area contributed by atoms with Crippen LogP contribution in [0, 0.1) is 5.92 Å². The van der Waals surface area contributed by atoms with Crippen LogP contribution in [0.2, 0.25) is 0 Å². The van der Waals surface area contributed by atoms with Crippen molar-refractivity contribution < 1.29 is 9.53 Å². The summed E-state index contributed by atoms with van der Waals surface area (Å²) >= 11 is 1.39. The van der Waals surface area contributed by atoms with Gasteiger partial charge < -0.3 is 15.0 Å². The number of H-pyrrole nitrogens is 1. The summed E-state index contributed by atoms with van der Waals surface area (Å²) in [6.07, 6.45) is 1.73. The molecule has 1 fully saturated rings. The van der Waals surface area contributed by atoms with Crippen LogP contribution < -0.4 is 20.5 Å². The molecule has 0 aliphatic carbocycles. The third-order valence-corrected chi connectivity index (χ3v) is 6.21. The van der Waals surface area contributed by atoms with Gasteiger partial charge >= 0.3 is 0 Å². The number of ether oxygens (including phenoxy) is 1. The molecule has 0 unspecified atom stereocenters. The Hall–Kier alpha value is -2.87. The maximum atomic E-state index is 12.7. The summed E-state index contributed by atoms with van der Waals surface area (Å²) in [5.41, 5.74) is 2.40. The highest BCUT2D eigenvalue weighted by Crippen LogP contribution is 2.33. The summed E-state index contributed by atoms with van der Waals surface area (Å²) in [6.45, 7) is 3.86. The molecule has 0 saturated carbocycles. The largest absolute Gasteiger partial charge is 0.497 e. The number of hydrogen-bond acceptors (Lipinski definition) is 6. The number of anilines is 1. The minimum atomic E-state index is -0.149. The van der Waals surface area contributed by atoms with Gasteiger partial charge in [-0.3, -0.25) is 14.6 Å². The van der Waals surface area contributed by atoms with Crippen molar-refractivity contribution in [2.45, 2.75) is 19.8 Å². The average molecular weight is 413 g/mol. The maximum Gasteiger partial charge on any atom is 0.270 e. The van der Waals surface area contributed by atoms with Gasteiger partial charge in [-0.25, -0.2) is 4.98 Å². The molecule has 2 N–H and O–H groups in total. The number of benzene rings is 1. The highest BCUT2D eigenvalue weighted by Gasteiger charge is 2.27. The summed E-state index contributed by atoms with van der Waals surface area (Å²) in [4.78, 5) is 34.7. The van der Waals surface area contributed by atoms with Crippen LogP contribution in [0.25, 0.3) is 21.3 Å². The van der Waals surface area contributed by atoms with Crippen molar-refractivity contribution in [3.8, 4) is 16.9 Å². The van der Waals surface area contributed by atoms with E-state index in [1.54, 1.807) is 7.11 Å². The molecule has 3 aromatic rings. The molecule has 0 radical (unpaired) electrons. The first-order valence-electron chi connectivity index (χ1n) is 9.79. The number of aromatic nitrogens is 2. The van der Waals surface area contributed by atoms with Gasteiger partial charge in [-0.05, 0) is 37.5 Å². The molecule has 152 valence electrons. The number of amides is 1. The van der Waals surface area contributed by atoms with Crippen molar-refractivity contribution in [3.63, 3.8) is 0 Å². The Morgan fingerprint density at radius 3 is 3.10 bits per heavy atom. The first-order chi connectivity index (χ1) is 14.1. The second-order valence-electron chi connectivity index (χ2n) is 7.13. The maximum absolute atomic E-state index is 12.7. The number of piperidine rings is 1. The molecule has 1 atom stereocenters. The molecule has 1 aromatic carbocycles. The van der Waals surface area contributed by atoms with Gasteiger partial charge in [0.25, 0.3) is 5.56 Å². The number of methoxy groups -OCH3 is 1. The molecule has 2 aromatic heterocycles. The summed E-state index contributed by atoms with van der Waals surface area (Å²) in [6, 6.07) is 7.74. The van der Waals surface area contributed by atoms with Crippen molar-refractivity contribution in [2.75, 3.05) is 31.6 Å². The minimum Gasteiger partial charge on any atom is -0.497 e. The normalized spacial score (nSPS) is 16.8. The molecule has 3 heterocycles. The number of thiophene rings is 1. The SMILES string of the molecule is CCNC(=O)[C@@H]1CCCN(c2nc3c(-c4cccc(OC)c4)csc3c(=O)[nH]2)C1. The lowest BCUT2D eigenvalue weighted by molar-refractivity contribution is -0.125. The van der Waals surface area contributed by atoms with Gasteiger partial charge in [0.2, 0.25) is 11.9 Å². The Balaban J connectivity index is 1.71. The van der Waals surface area contributed by atoms with Crippen molar-refractivity contribution in [3.05, 3.63) is 40.0 Å². The molecule has 4 rings (SSSR count). The first kappa shape index (κ1) is 19.4. The van der Waals surface area contributed by atoms with Crippen molar-refractivity contribution in [1.29, 1.82) is 0 Å². The molecule has 7 nitrogen and oxygen atoms in total. The monoisotopic (exact) mass is 412 g/mol. The topological polar surface area (TPSA) is 87.3 Å². The third kappa shape index (κ3) is 3.85. The van der Waals surface area contributed by atoms with Crippen LogP contribution in [-0.2, 0) is 4.79 Å². The zero-order valence-corrected chi connectivity index (χ0v) is 17.3. The second kappa shape index (κ2) is 8.24. The standard InChI is InChI=1S/C21H24N4O3S/c1-3-22-19(26)14-7-5-9-25(11-14)21-23-17-16(12-29-18(17)20(27)24-21)13-6-4-8-15(10-13)28-2/h4,6,8,10,12,14H,3,5,7,9,11H2,1-2H3,(H,22,26)(H,23,24,27)/t14-/m1/s1. The number of fused-ring (bicyclic) bond motifs is 1. The van der Waals surface area contributed by atoms with Crippen LogP contribution in [0.4, 0.5) is 5.95 Å². The molecule has 1 aliphatic rings. The Morgan fingerprint density at radius 2 is 2.31 bits per heavy atom. The van der Waals surface area contributed by atoms with Gasteiger partial charge in [0.05, 0.1) is 18.5 Å². The van der Waals surface area contributed by atoms with Crippen LogP contribution in [0.5, 0.6) is 5.75 Å². The zero-order valence-electron chi connectivity index (χ0n) is 16.5. The molecular weight excluding hydrogens is 388 g/mol. The number of aromatic amines is 1. The fraction of sp³-hybridized carbons (Fsp3) is 0.381. The summed E-state index contributed by atoms with van der Waals surface area (Å²) < 4.78 is 5.93. The molecule has 0 bridgehead atoms. The van der Waals surface area contributed by atoms with Crippen LogP contribution >= 0.6 is 11.3 Å². The molecule has 0 spiro atoms. The van der Waals surface area contributed by atoms with Gasteiger partial charge in [-0.2, -0.15) is 0 Å². The fourth-order valence-electron chi connectivity index (χ4n) is 3.76. The van der Waals surface area contributed by atoms with E-state index in [4.69, 9.17) is 9.72 Å². The number of rotatable bonds is 5. The van der Waals surface area contributed by atoms with Gasteiger partial charge in [-0.15, -0.1) is 11.3 Å². The Bertz CT molecular complexity index is 1090. The van der Waals surface area contributed by atoms with Gasteiger partial charge in [0.15, 0.2) is 0 Å². The fourth-order valence-corrected chi connectivity index (χ4v) is 4.67. The third-order valence-electron chi connectivity index (χ3n) is 5.24. The molecule has 1 aliphatic heterocycles. The van der Waals surface area contributed by atoms with E-state index in [-0.39, 0.29) is 17.4 Å². The number of hydrogen-bond donors (Lipinski definition) is 2. The molecule has 1 amide bonds. The lowest BCUT2D eigenvalue weighted by Crippen LogP contribution is -2.44. The van der Waals surface area contributed by atoms with Gasteiger partial charge in [0, 0.05) is 30.6 Å². The Labute approximate surface area is 172 Å². The highest BCUT2D eigenvalue weighted by atomic mass is 32.1. The summed E-state index contributed by atoms with van der Waals surface area (Å²) in [5, 5.41) is 4.85. The van der Waals surface area contributed by atoms with Crippen LogP contribution in [0.15, 0.2) is 34.4 Å². The molecule has 29 heavy (non-hydrogen) atoms. The smallest absolute Gasteiger partial charge is 0.270 e.